The molecule has 1 unspecified atom stereocenters. The molecule has 1 aromatic heterocycles. The third-order valence-corrected chi connectivity index (χ3v) is 3.23. The predicted molar refractivity (Wildman–Crippen MR) is 72.7 cm³/mol. The molecule has 0 saturated heterocycles. The van der Waals surface area contributed by atoms with Crippen LogP contribution in [0.25, 0.3) is 0 Å². The number of imidazole rings is 1. The van der Waals surface area contributed by atoms with Crippen LogP contribution < -0.4 is 5.73 Å². The highest BCUT2D eigenvalue weighted by atomic mass is 15.1. The molecule has 0 saturated carbocycles. The molecule has 1 rings (SSSR count). The fraction of sp³-hybridized carbons (Fsp3) is 0.786. The Balaban J connectivity index is 2.46. The van der Waals surface area contributed by atoms with Crippen molar-refractivity contribution in [3.05, 3.63) is 18.2 Å². The molecule has 0 aliphatic rings. The molecule has 1 aromatic rings. The van der Waals surface area contributed by atoms with Crippen LogP contribution in [0.4, 0.5) is 0 Å². The van der Waals surface area contributed by atoms with E-state index >= 15 is 0 Å². The first-order valence-corrected chi connectivity index (χ1v) is 6.78. The average molecular weight is 237 g/mol. The number of rotatable bonds is 7. The monoisotopic (exact) mass is 237 g/mol. The van der Waals surface area contributed by atoms with Gasteiger partial charge in [-0.3, -0.25) is 0 Å². The van der Waals surface area contributed by atoms with Gasteiger partial charge in [0.1, 0.15) is 0 Å². The van der Waals surface area contributed by atoms with E-state index in [-0.39, 0.29) is 6.04 Å². The van der Waals surface area contributed by atoms with Crippen molar-refractivity contribution in [1.29, 1.82) is 0 Å². The van der Waals surface area contributed by atoms with E-state index in [1.807, 2.05) is 12.5 Å². The Hall–Kier alpha value is -0.830. The van der Waals surface area contributed by atoms with Crippen LogP contribution >= 0.6 is 0 Å². The van der Waals surface area contributed by atoms with Crippen LogP contribution in [0.2, 0.25) is 0 Å². The maximum Gasteiger partial charge on any atom is 0.0948 e. The Kier molecular flexibility index (Phi) is 5.69. The van der Waals surface area contributed by atoms with Crippen molar-refractivity contribution >= 4 is 0 Å². The molecule has 0 spiro atoms. The molecule has 0 aliphatic heterocycles. The molecule has 1 atom stereocenters. The summed E-state index contributed by atoms with van der Waals surface area (Å²) in [5.41, 5.74) is 7.35. The van der Waals surface area contributed by atoms with Gasteiger partial charge in [0.05, 0.1) is 12.0 Å². The first-order chi connectivity index (χ1) is 8.02. The molecular weight excluding hydrogens is 210 g/mol. The Morgan fingerprint density at radius 1 is 1.24 bits per heavy atom. The molecular formula is C14H27N3. The van der Waals surface area contributed by atoms with Crippen molar-refractivity contribution in [2.45, 2.75) is 59.5 Å². The van der Waals surface area contributed by atoms with Crippen molar-refractivity contribution in [2.75, 3.05) is 0 Å². The highest BCUT2D eigenvalue weighted by Gasteiger charge is 2.14. The van der Waals surface area contributed by atoms with Crippen LogP contribution in [0.3, 0.4) is 0 Å². The van der Waals surface area contributed by atoms with E-state index in [0.29, 0.717) is 5.92 Å². The van der Waals surface area contributed by atoms with E-state index in [1.54, 1.807) is 0 Å². The molecule has 3 nitrogen and oxygen atoms in total. The van der Waals surface area contributed by atoms with Crippen LogP contribution in [0.5, 0.6) is 0 Å². The van der Waals surface area contributed by atoms with Gasteiger partial charge < -0.3 is 10.3 Å². The normalized spacial score (nSPS) is 13.6. The summed E-state index contributed by atoms with van der Waals surface area (Å²) < 4.78 is 2.21. The van der Waals surface area contributed by atoms with Gasteiger partial charge in [0.25, 0.3) is 0 Å². The van der Waals surface area contributed by atoms with Crippen molar-refractivity contribution in [3.8, 4) is 0 Å². The third kappa shape index (κ3) is 4.50. The summed E-state index contributed by atoms with van der Waals surface area (Å²) in [7, 11) is 0. The summed E-state index contributed by atoms with van der Waals surface area (Å²) in [6.45, 7) is 9.90. The highest BCUT2D eigenvalue weighted by molar-refractivity contribution is 5.05. The summed E-state index contributed by atoms with van der Waals surface area (Å²) in [6, 6.07) is 0.0996. The van der Waals surface area contributed by atoms with Crippen LogP contribution in [-0.4, -0.2) is 9.55 Å². The van der Waals surface area contributed by atoms with E-state index in [2.05, 4.69) is 37.2 Å². The molecule has 0 radical (unpaired) electrons. The van der Waals surface area contributed by atoms with Crippen LogP contribution in [-0.2, 0) is 6.54 Å². The third-order valence-electron chi connectivity index (χ3n) is 3.23. The van der Waals surface area contributed by atoms with Crippen molar-refractivity contribution < 1.29 is 0 Å². The topological polar surface area (TPSA) is 43.8 Å². The lowest BCUT2D eigenvalue weighted by atomic mass is 10.0. The smallest absolute Gasteiger partial charge is 0.0948 e. The van der Waals surface area contributed by atoms with Crippen molar-refractivity contribution in [1.82, 2.24) is 9.55 Å². The SMILES string of the molecule is CC(C)CCCCn1cncc1C(N)C(C)C. The zero-order chi connectivity index (χ0) is 12.8. The van der Waals surface area contributed by atoms with Gasteiger partial charge in [-0.1, -0.05) is 40.5 Å². The minimum atomic E-state index is 0.0996. The molecule has 0 amide bonds. The first kappa shape index (κ1) is 14.2. The quantitative estimate of drug-likeness (QED) is 0.739. The Morgan fingerprint density at radius 2 is 1.94 bits per heavy atom. The van der Waals surface area contributed by atoms with Gasteiger partial charge in [-0.05, 0) is 18.3 Å². The average Bonchev–Trinajstić information content (AvgIpc) is 2.71. The summed E-state index contributed by atoms with van der Waals surface area (Å²) in [6.07, 6.45) is 7.62. The number of nitrogens with two attached hydrogens (primary N) is 1. The molecule has 3 heteroatoms. The lowest BCUT2D eigenvalue weighted by molar-refractivity contribution is 0.459. The van der Waals surface area contributed by atoms with Crippen LogP contribution in [0.15, 0.2) is 12.5 Å². The van der Waals surface area contributed by atoms with Crippen molar-refractivity contribution in [3.63, 3.8) is 0 Å². The Morgan fingerprint density at radius 3 is 2.53 bits per heavy atom. The van der Waals surface area contributed by atoms with E-state index in [1.165, 1.54) is 25.0 Å². The first-order valence-electron chi connectivity index (χ1n) is 6.78. The Bertz CT molecular complexity index is 315. The number of unbranched alkanes of at least 4 members (excludes halogenated alkanes) is 1. The predicted octanol–water partition coefficient (Wildman–Crippen LogP) is 3.37. The molecule has 98 valence electrons. The fourth-order valence-electron chi connectivity index (χ4n) is 1.97. The summed E-state index contributed by atoms with van der Waals surface area (Å²) >= 11 is 0. The zero-order valence-corrected chi connectivity index (χ0v) is 11.7. The van der Waals surface area contributed by atoms with E-state index in [0.717, 1.165) is 12.5 Å². The van der Waals surface area contributed by atoms with Gasteiger partial charge in [-0.15, -0.1) is 0 Å². The van der Waals surface area contributed by atoms with Gasteiger partial charge in [0.2, 0.25) is 0 Å². The second-order valence-electron chi connectivity index (χ2n) is 5.67. The number of hydrogen-bond donors (Lipinski definition) is 1. The standard InChI is InChI=1S/C14H27N3/c1-11(2)7-5-6-8-17-10-16-9-13(17)14(15)12(3)4/h9-12,14H,5-8,15H2,1-4H3. The van der Waals surface area contributed by atoms with Gasteiger partial charge in [-0.25, -0.2) is 4.98 Å². The van der Waals surface area contributed by atoms with E-state index < -0.39 is 0 Å². The summed E-state index contributed by atoms with van der Waals surface area (Å²) in [4.78, 5) is 4.22. The van der Waals surface area contributed by atoms with E-state index in [9.17, 15) is 0 Å². The highest BCUT2D eigenvalue weighted by Crippen LogP contribution is 2.19. The van der Waals surface area contributed by atoms with Crippen molar-refractivity contribution in [2.24, 2.45) is 17.6 Å². The maximum atomic E-state index is 6.17. The second-order valence-corrected chi connectivity index (χ2v) is 5.67. The lowest BCUT2D eigenvalue weighted by Gasteiger charge is -2.17. The Labute approximate surface area is 105 Å². The lowest BCUT2D eigenvalue weighted by Crippen LogP contribution is -2.20. The summed E-state index contributed by atoms with van der Waals surface area (Å²) in [5.74, 6) is 1.26. The number of hydrogen-bond acceptors (Lipinski definition) is 2. The zero-order valence-electron chi connectivity index (χ0n) is 11.7. The largest absolute Gasteiger partial charge is 0.333 e. The number of aryl methyl sites for hydroxylation is 1. The van der Waals surface area contributed by atoms with Gasteiger partial charge >= 0.3 is 0 Å². The minimum Gasteiger partial charge on any atom is -0.333 e. The molecule has 0 fully saturated rings. The van der Waals surface area contributed by atoms with E-state index in [4.69, 9.17) is 5.73 Å². The van der Waals surface area contributed by atoms with Crippen LogP contribution in [0, 0.1) is 11.8 Å². The minimum absolute atomic E-state index is 0.0996. The molecule has 0 aromatic carbocycles. The second kappa shape index (κ2) is 6.80. The number of nitrogens with zero attached hydrogens (tertiary/aromatic N) is 2. The van der Waals surface area contributed by atoms with Crippen LogP contribution in [0.1, 0.15) is 58.7 Å². The molecule has 1 heterocycles. The molecule has 17 heavy (non-hydrogen) atoms. The van der Waals surface area contributed by atoms with Gasteiger partial charge in [0.15, 0.2) is 0 Å². The molecule has 0 bridgehead atoms. The van der Waals surface area contributed by atoms with Gasteiger partial charge in [0, 0.05) is 18.8 Å². The maximum absolute atomic E-state index is 6.17. The molecule has 2 N–H and O–H groups in total. The fourth-order valence-corrected chi connectivity index (χ4v) is 1.97. The number of aromatic nitrogens is 2. The van der Waals surface area contributed by atoms with Gasteiger partial charge in [-0.2, -0.15) is 0 Å². The molecule has 0 aliphatic carbocycles. The summed E-state index contributed by atoms with van der Waals surface area (Å²) in [5, 5.41) is 0.